The van der Waals surface area contributed by atoms with Crippen LogP contribution in [-0.4, -0.2) is 8.42 Å². The molecule has 2 aromatic carbocycles. The van der Waals surface area contributed by atoms with E-state index in [1.165, 1.54) is 6.07 Å². The van der Waals surface area contributed by atoms with Gasteiger partial charge >= 0.3 is 0 Å². The Labute approximate surface area is 120 Å². The van der Waals surface area contributed by atoms with Crippen LogP contribution in [0.1, 0.15) is 5.56 Å². The van der Waals surface area contributed by atoms with Gasteiger partial charge in [-0.05, 0) is 42.8 Å². The average Bonchev–Trinajstić information content (AvgIpc) is 2.36. The molecule has 0 saturated carbocycles. The molecule has 0 aromatic heterocycles. The van der Waals surface area contributed by atoms with Crippen molar-refractivity contribution in [2.45, 2.75) is 11.8 Å². The number of aryl methyl sites for hydroxylation is 1. The zero-order valence-electron chi connectivity index (χ0n) is 10.3. The predicted octanol–water partition coefficient (Wildman–Crippen LogP) is 3.73. The van der Waals surface area contributed by atoms with Crippen LogP contribution >= 0.6 is 11.6 Å². The monoisotopic (exact) mass is 317 g/mol. The molecule has 0 aliphatic heterocycles. The van der Waals surface area contributed by atoms with Gasteiger partial charge in [0.05, 0.1) is 5.69 Å². The van der Waals surface area contributed by atoms with Crippen LogP contribution in [0.5, 0.6) is 0 Å². The third-order valence-corrected chi connectivity index (χ3v) is 4.24. The van der Waals surface area contributed by atoms with Gasteiger partial charge in [-0.3, -0.25) is 4.72 Å². The minimum Gasteiger partial charge on any atom is -0.279 e. The van der Waals surface area contributed by atoms with Crippen molar-refractivity contribution in [2.24, 2.45) is 0 Å². The van der Waals surface area contributed by atoms with E-state index < -0.39 is 26.6 Å². The lowest BCUT2D eigenvalue weighted by atomic mass is 10.2. The number of sulfonamides is 1. The summed E-state index contributed by atoms with van der Waals surface area (Å²) in [4.78, 5) is -0.753. The van der Waals surface area contributed by atoms with Crippen molar-refractivity contribution in [3.05, 3.63) is 58.6 Å². The van der Waals surface area contributed by atoms with Crippen molar-refractivity contribution in [3.63, 3.8) is 0 Å². The average molecular weight is 318 g/mol. The first kappa shape index (κ1) is 14.7. The van der Waals surface area contributed by atoms with E-state index in [0.717, 1.165) is 12.1 Å². The van der Waals surface area contributed by atoms with Gasteiger partial charge in [-0.2, -0.15) is 0 Å². The van der Waals surface area contributed by atoms with E-state index in [2.05, 4.69) is 4.72 Å². The number of benzene rings is 2. The van der Waals surface area contributed by atoms with Crippen molar-refractivity contribution in [1.29, 1.82) is 0 Å². The molecule has 7 heteroatoms. The summed E-state index contributed by atoms with van der Waals surface area (Å²) in [5.41, 5.74) is 0.816. The van der Waals surface area contributed by atoms with Gasteiger partial charge < -0.3 is 0 Å². The first-order valence-electron chi connectivity index (χ1n) is 5.53. The molecule has 0 unspecified atom stereocenters. The zero-order chi connectivity index (χ0) is 14.9. The Hall–Kier alpha value is -1.66. The highest BCUT2D eigenvalue weighted by Gasteiger charge is 2.20. The fourth-order valence-corrected chi connectivity index (χ4v) is 2.97. The lowest BCUT2D eigenvalue weighted by Gasteiger charge is -2.11. The molecule has 0 fully saturated rings. The van der Waals surface area contributed by atoms with Gasteiger partial charge in [-0.1, -0.05) is 17.7 Å². The number of halogens is 3. The quantitative estimate of drug-likeness (QED) is 0.937. The maximum Gasteiger partial charge on any atom is 0.264 e. The van der Waals surface area contributed by atoms with Gasteiger partial charge in [0.15, 0.2) is 0 Å². The number of nitrogens with one attached hydrogen (secondary N) is 1. The summed E-state index contributed by atoms with van der Waals surface area (Å²) in [6, 6.07) is 6.83. The van der Waals surface area contributed by atoms with E-state index in [-0.39, 0.29) is 5.69 Å². The molecule has 0 bridgehead atoms. The first-order valence-corrected chi connectivity index (χ1v) is 7.40. The van der Waals surface area contributed by atoms with Gasteiger partial charge in [0.2, 0.25) is 0 Å². The lowest BCUT2D eigenvalue weighted by Crippen LogP contribution is -2.15. The molecule has 1 N–H and O–H groups in total. The van der Waals surface area contributed by atoms with Gasteiger partial charge in [0.1, 0.15) is 16.5 Å². The van der Waals surface area contributed by atoms with Crippen molar-refractivity contribution in [1.82, 2.24) is 0 Å². The van der Waals surface area contributed by atoms with Crippen LogP contribution in [0.3, 0.4) is 0 Å². The molecular weight excluding hydrogens is 308 g/mol. The van der Waals surface area contributed by atoms with Crippen molar-refractivity contribution < 1.29 is 17.2 Å². The summed E-state index contributed by atoms with van der Waals surface area (Å²) in [5, 5.41) is 0.327. The normalized spacial score (nSPS) is 11.4. The summed E-state index contributed by atoms with van der Waals surface area (Å²) in [5.74, 6) is -1.87. The second-order valence-electron chi connectivity index (χ2n) is 4.14. The molecule has 0 heterocycles. The van der Waals surface area contributed by atoms with E-state index in [9.17, 15) is 17.2 Å². The van der Waals surface area contributed by atoms with Crippen LogP contribution in [0.15, 0.2) is 41.3 Å². The van der Waals surface area contributed by atoms with Gasteiger partial charge in [-0.25, -0.2) is 17.2 Å². The molecule has 0 aliphatic carbocycles. The SMILES string of the molecule is Cc1ccc(Cl)cc1NS(=O)(=O)c1cc(F)ccc1F. The summed E-state index contributed by atoms with van der Waals surface area (Å²) in [6.07, 6.45) is 0. The smallest absolute Gasteiger partial charge is 0.264 e. The van der Waals surface area contributed by atoms with Gasteiger partial charge in [0.25, 0.3) is 10.0 Å². The van der Waals surface area contributed by atoms with E-state index >= 15 is 0 Å². The Bertz CT molecular complexity index is 763. The Morgan fingerprint density at radius 3 is 2.50 bits per heavy atom. The fraction of sp³-hybridized carbons (Fsp3) is 0.0769. The number of anilines is 1. The van der Waals surface area contributed by atoms with E-state index in [1.807, 2.05) is 0 Å². The highest BCUT2D eigenvalue weighted by atomic mass is 35.5. The molecule has 0 radical (unpaired) electrons. The molecule has 106 valence electrons. The highest BCUT2D eigenvalue weighted by Crippen LogP contribution is 2.24. The van der Waals surface area contributed by atoms with Crippen LogP contribution in [-0.2, 0) is 10.0 Å². The van der Waals surface area contributed by atoms with Crippen molar-refractivity contribution >= 4 is 27.3 Å². The minimum atomic E-state index is -4.23. The Kier molecular flexibility index (Phi) is 3.96. The molecule has 0 atom stereocenters. The third-order valence-electron chi connectivity index (χ3n) is 2.63. The molecule has 0 aliphatic rings. The number of hydrogen-bond acceptors (Lipinski definition) is 2. The number of hydrogen-bond donors (Lipinski definition) is 1. The van der Waals surface area contributed by atoms with Crippen LogP contribution < -0.4 is 4.72 Å². The van der Waals surface area contributed by atoms with E-state index in [4.69, 9.17) is 11.6 Å². The predicted molar refractivity (Wildman–Crippen MR) is 73.4 cm³/mol. The molecule has 0 amide bonds. The summed E-state index contributed by atoms with van der Waals surface area (Å²) in [6.45, 7) is 1.66. The minimum absolute atomic E-state index is 0.209. The van der Waals surface area contributed by atoms with Crippen LogP contribution in [0.2, 0.25) is 5.02 Å². The fourth-order valence-electron chi connectivity index (χ4n) is 1.59. The molecular formula is C13H10ClF2NO2S. The zero-order valence-corrected chi connectivity index (χ0v) is 11.9. The maximum atomic E-state index is 13.5. The molecule has 0 spiro atoms. The topological polar surface area (TPSA) is 46.2 Å². The molecule has 2 rings (SSSR count). The van der Waals surface area contributed by atoms with Gasteiger partial charge in [0, 0.05) is 5.02 Å². The van der Waals surface area contributed by atoms with Crippen LogP contribution in [0.25, 0.3) is 0 Å². The lowest BCUT2D eigenvalue weighted by molar-refractivity contribution is 0.555. The summed E-state index contributed by atoms with van der Waals surface area (Å²) in [7, 11) is -4.23. The second kappa shape index (κ2) is 5.38. The van der Waals surface area contributed by atoms with Crippen LogP contribution in [0.4, 0.5) is 14.5 Å². The summed E-state index contributed by atoms with van der Waals surface area (Å²) >= 11 is 5.78. The maximum absolute atomic E-state index is 13.5. The standard InChI is InChI=1S/C13H10ClF2NO2S/c1-8-2-3-9(14)6-12(8)17-20(18,19)13-7-10(15)4-5-11(13)16/h2-7,17H,1H3. The second-order valence-corrected chi connectivity index (χ2v) is 6.23. The highest BCUT2D eigenvalue weighted by molar-refractivity contribution is 7.92. The van der Waals surface area contributed by atoms with Crippen molar-refractivity contribution in [2.75, 3.05) is 4.72 Å². The first-order chi connectivity index (χ1) is 9.29. The van der Waals surface area contributed by atoms with E-state index in [0.29, 0.717) is 16.7 Å². The Morgan fingerprint density at radius 2 is 1.80 bits per heavy atom. The Balaban J connectivity index is 2.46. The molecule has 3 nitrogen and oxygen atoms in total. The van der Waals surface area contributed by atoms with E-state index in [1.54, 1.807) is 19.1 Å². The molecule has 20 heavy (non-hydrogen) atoms. The van der Waals surface area contributed by atoms with Crippen molar-refractivity contribution in [3.8, 4) is 0 Å². The summed E-state index contributed by atoms with van der Waals surface area (Å²) < 4.78 is 53.0. The Morgan fingerprint density at radius 1 is 1.10 bits per heavy atom. The van der Waals surface area contributed by atoms with Gasteiger partial charge in [-0.15, -0.1) is 0 Å². The largest absolute Gasteiger partial charge is 0.279 e. The third kappa shape index (κ3) is 3.08. The molecule has 2 aromatic rings. The molecule has 0 saturated heterocycles. The number of rotatable bonds is 3. The van der Waals surface area contributed by atoms with Crippen LogP contribution in [0, 0.1) is 18.6 Å².